The van der Waals surface area contributed by atoms with Gasteiger partial charge in [0.2, 0.25) is 11.8 Å². The maximum atomic E-state index is 15.1. The Morgan fingerprint density at radius 3 is 1.98 bits per heavy atom. The normalized spacial score (nSPS) is 12.6. The predicted octanol–water partition coefficient (Wildman–Crippen LogP) is 5.71. The summed E-state index contributed by atoms with van der Waals surface area (Å²) in [5, 5.41) is 2.92. The van der Waals surface area contributed by atoms with Crippen LogP contribution in [0.3, 0.4) is 0 Å². The molecule has 4 aromatic rings. The van der Waals surface area contributed by atoms with Gasteiger partial charge in [0.25, 0.3) is 10.0 Å². The molecular formula is C34H35F2N3O4S. The van der Waals surface area contributed by atoms with E-state index in [1.807, 2.05) is 19.9 Å². The van der Waals surface area contributed by atoms with Crippen LogP contribution in [0.25, 0.3) is 0 Å². The van der Waals surface area contributed by atoms with Gasteiger partial charge < -0.3 is 10.2 Å². The van der Waals surface area contributed by atoms with Crippen molar-refractivity contribution < 1.29 is 26.8 Å². The first kappa shape index (κ1) is 32.3. The number of para-hydroxylation sites is 1. The Hall–Kier alpha value is -4.57. The molecule has 2 amide bonds. The first-order valence-corrected chi connectivity index (χ1v) is 15.7. The van der Waals surface area contributed by atoms with Crippen molar-refractivity contribution in [3.63, 3.8) is 0 Å². The Morgan fingerprint density at radius 1 is 0.795 bits per heavy atom. The number of carbonyl (C=O) groups excluding carboxylic acids is 2. The summed E-state index contributed by atoms with van der Waals surface area (Å²) in [5.74, 6) is -2.72. The highest BCUT2D eigenvalue weighted by Crippen LogP contribution is 2.27. The lowest BCUT2D eigenvalue weighted by Crippen LogP contribution is -2.54. The molecule has 0 spiro atoms. The first-order valence-electron chi connectivity index (χ1n) is 14.3. The van der Waals surface area contributed by atoms with E-state index in [1.54, 1.807) is 36.4 Å². The minimum absolute atomic E-state index is 0.0778. The highest BCUT2D eigenvalue weighted by Gasteiger charge is 2.36. The lowest BCUT2D eigenvalue weighted by Gasteiger charge is -2.34. The summed E-state index contributed by atoms with van der Waals surface area (Å²) in [4.78, 5) is 29.1. The summed E-state index contributed by atoms with van der Waals surface area (Å²) in [6.45, 7) is 2.56. The van der Waals surface area contributed by atoms with Crippen LogP contribution in [-0.4, -0.2) is 43.8 Å². The Morgan fingerprint density at radius 2 is 1.36 bits per heavy atom. The molecule has 2 atom stereocenters. The van der Waals surface area contributed by atoms with Gasteiger partial charge in [-0.2, -0.15) is 0 Å². The summed E-state index contributed by atoms with van der Waals surface area (Å²) in [5.41, 5.74) is 0.545. The number of rotatable bonds is 13. The molecule has 0 bridgehead atoms. The van der Waals surface area contributed by atoms with Gasteiger partial charge in [-0.05, 0) is 49.2 Å². The van der Waals surface area contributed by atoms with E-state index in [1.165, 1.54) is 65.6 Å². The number of sulfonamides is 1. The quantitative estimate of drug-likeness (QED) is 0.208. The largest absolute Gasteiger partial charge is 0.352 e. The van der Waals surface area contributed by atoms with Gasteiger partial charge in [-0.25, -0.2) is 17.2 Å². The van der Waals surface area contributed by atoms with E-state index in [0.29, 0.717) is 10.7 Å². The van der Waals surface area contributed by atoms with Crippen LogP contribution in [0, 0.1) is 11.6 Å². The molecule has 0 aromatic heterocycles. The zero-order valence-corrected chi connectivity index (χ0v) is 25.4. The van der Waals surface area contributed by atoms with Crippen LogP contribution in [-0.2, 0) is 32.6 Å². The Kier molecular flexibility index (Phi) is 10.8. The number of anilines is 1. The molecule has 230 valence electrons. The molecule has 0 fully saturated rings. The van der Waals surface area contributed by atoms with Crippen LogP contribution in [0.1, 0.15) is 31.4 Å². The van der Waals surface area contributed by atoms with Crippen LogP contribution in [0.4, 0.5) is 14.5 Å². The number of benzene rings is 4. The molecule has 0 aliphatic carbocycles. The second kappa shape index (κ2) is 14.7. The van der Waals surface area contributed by atoms with Crippen molar-refractivity contribution in [3.8, 4) is 0 Å². The summed E-state index contributed by atoms with van der Waals surface area (Å²) in [6.07, 6.45) is 0.704. The average molecular weight is 620 g/mol. The number of nitrogens with one attached hydrogen (secondary N) is 1. The predicted molar refractivity (Wildman–Crippen MR) is 166 cm³/mol. The van der Waals surface area contributed by atoms with E-state index in [4.69, 9.17) is 0 Å². The van der Waals surface area contributed by atoms with Crippen molar-refractivity contribution >= 4 is 27.5 Å². The van der Waals surface area contributed by atoms with Crippen molar-refractivity contribution in [3.05, 3.63) is 132 Å². The molecule has 0 unspecified atom stereocenters. The molecule has 1 N–H and O–H groups in total. The molecule has 0 saturated heterocycles. The standard InChI is InChI=1S/C34H35F2N3O4S/c1-3-25(2)37-34(41)32(22-26-14-6-4-7-15-26)38(23-27-16-10-11-19-29(27)35)33(40)24-39(31-21-13-12-20-30(31)36)44(42,43)28-17-8-5-9-18-28/h4-21,25,32H,3,22-24H2,1-2H3,(H,37,41)/t25-,32-/m1/s1. The van der Waals surface area contributed by atoms with Gasteiger partial charge in [-0.3, -0.25) is 13.9 Å². The van der Waals surface area contributed by atoms with Gasteiger partial charge in [0.15, 0.2) is 0 Å². The smallest absolute Gasteiger partial charge is 0.264 e. The van der Waals surface area contributed by atoms with Gasteiger partial charge in [-0.1, -0.05) is 85.8 Å². The average Bonchev–Trinajstić information content (AvgIpc) is 3.03. The van der Waals surface area contributed by atoms with E-state index in [-0.39, 0.29) is 35.2 Å². The van der Waals surface area contributed by atoms with E-state index in [0.717, 1.165) is 11.6 Å². The molecule has 10 heteroatoms. The van der Waals surface area contributed by atoms with Crippen LogP contribution in [0.15, 0.2) is 114 Å². The third-order valence-electron chi connectivity index (χ3n) is 7.30. The van der Waals surface area contributed by atoms with Crippen molar-refractivity contribution in [2.24, 2.45) is 0 Å². The monoisotopic (exact) mass is 619 g/mol. The molecule has 4 aromatic carbocycles. The van der Waals surface area contributed by atoms with Crippen LogP contribution in [0.2, 0.25) is 0 Å². The summed E-state index contributed by atoms with van der Waals surface area (Å²) < 4.78 is 58.6. The maximum absolute atomic E-state index is 15.1. The lowest BCUT2D eigenvalue weighted by molar-refractivity contribution is -0.140. The van der Waals surface area contributed by atoms with E-state index < -0.39 is 46.1 Å². The van der Waals surface area contributed by atoms with Crippen LogP contribution in [0.5, 0.6) is 0 Å². The molecule has 4 rings (SSSR count). The fourth-order valence-corrected chi connectivity index (χ4v) is 6.14. The van der Waals surface area contributed by atoms with E-state index in [9.17, 15) is 22.4 Å². The van der Waals surface area contributed by atoms with Gasteiger partial charge in [0.05, 0.1) is 10.6 Å². The SMILES string of the molecule is CC[C@@H](C)NC(=O)[C@@H](Cc1ccccc1)N(Cc1ccccc1F)C(=O)CN(c1ccccc1F)S(=O)(=O)c1ccccc1. The summed E-state index contributed by atoms with van der Waals surface area (Å²) in [6, 6.07) is 26.1. The number of hydrogen-bond donors (Lipinski definition) is 1. The Balaban J connectivity index is 1.82. The maximum Gasteiger partial charge on any atom is 0.264 e. The fraction of sp³-hybridized carbons (Fsp3) is 0.235. The van der Waals surface area contributed by atoms with Crippen molar-refractivity contribution in [1.29, 1.82) is 0 Å². The van der Waals surface area contributed by atoms with Crippen LogP contribution >= 0.6 is 0 Å². The van der Waals surface area contributed by atoms with Gasteiger partial charge in [0.1, 0.15) is 24.2 Å². The van der Waals surface area contributed by atoms with Crippen molar-refractivity contribution in [1.82, 2.24) is 10.2 Å². The Bertz CT molecular complexity index is 1670. The fourth-order valence-electron chi connectivity index (χ4n) is 4.69. The third-order valence-corrected chi connectivity index (χ3v) is 9.08. The minimum atomic E-state index is -4.44. The zero-order valence-electron chi connectivity index (χ0n) is 24.6. The summed E-state index contributed by atoms with van der Waals surface area (Å²) in [7, 11) is -4.44. The van der Waals surface area contributed by atoms with E-state index in [2.05, 4.69) is 5.32 Å². The summed E-state index contributed by atoms with van der Waals surface area (Å²) >= 11 is 0. The van der Waals surface area contributed by atoms with Crippen LogP contribution < -0.4 is 9.62 Å². The first-order chi connectivity index (χ1) is 21.1. The number of nitrogens with zero attached hydrogens (tertiary/aromatic N) is 2. The second-order valence-corrected chi connectivity index (χ2v) is 12.3. The van der Waals surface area contributed by atoms with Gasteiger partial charge in [0, 0.05) is 24.6 Å². The lowest BCUT2D eigenvalue weighted by atomic mass is 10.0. The number of amides is 2. The number of hydrogen-bond acceptors (Lipinski definition) is 4. The zero-order chi connectivity index (χ0) is 31.7. The molecule has 0 radical (unpaired) electrons. The number of carbonyl (C=O) groups is 2. The Labute approximate surface area is 257 Å². The number of halogens is 2. The topological polar surface area (TPSA) is 86.8 Å². The highest BCUT2D eigenvalue weighted by molar-refractivity contribution is 7.92. The molecule has 0 heterocycles. The van der Waals surface area contributed by atoms with Crippen molar-refractivity contribution in [2.45, 2.75) is 50.2 Å². The molecule has 0 aliphatic rings. The highest BCUT2D eigenvalue weighted by atomic mass is 32.2. The van der Waals surface area contributed by atoms with Crippen molar-refractivity contribution in [2.75, 3.05) is 10.8 Å². The minimum Gasteiger partial charge on any atom is -0.352 e. The van der Waals surface area contributed by atoms with E-state index >= 15 is 4.39 Å². The molecule has 0 saturated carbocycles. The second-order valence-electron chi connectivity index (χ2n) is 10.4. The molecule has 44 heavy (non-hydrogen) atoms. The molecule has 7 nitrogen and oxygen atoms in total. The molecular weight excluding hydrogens is 584 g/mol. The molecule has 0 aliphatic heterocycles. The van der Waals surface area contributed by atoms with Gasteiger partial charge in [-0.15, -0.1) is 0 Å². The van der Waals surface area contributed by atoms with Gasteiger partial charge >= 0.3 is 0 Å². The third kappa shape index (κ3) is 7.87.